The first-order valence-electron chi connectivity index (χ1n) is 7.34. The highest BCUT2D eigenvalue weighted by Crippen LogP contribution is 2.38. The van der Waals surface area contributed by atoms with Crippen LogP contribution in [-0.2, 0) is 15.0 Å². The summed E-state index contributed by atoms with van der Waals surface area (Å²) < 4.78 is 0. The van der Waals surface area contributed by atoms with Crippen molar-refractivity contribution in [1.29, 1.82) is 0 Å². The number of carbonyl (C=O) groups is 2. The smallest absolute Gasteiger partial charge is 0.234 e. The number of likely N-dealkylation sites (tertiary alicyclic amines) is 1. The summed E-state index contributed by atoms with van der Waals surface area (Å²) in [5.41, 5.74) is 6.87. The zero-order valence-corrected chi connectivity index (χ0v) is 13.3. The Hall–Kier alpha value is -1.84. The molecule has 0 radical (unpaired) electrons. The monoisotopic (exact) mass is 288 g/mol. The summed E-state index contributed by atoms with van der Waals surface area (Å²) in [5, 5.41) is 0. The van der Waals surface area contributed by atoms with Gasteiger partial charge in [-0.05, 0) is 29.5 Å². The first-order valence-corrected chi connectivity index (χ1v) is 7.34. The van der Waals surface area contributed by atoms with E-state index in [1.54, 1.807) is 0 Å². The van der Waals surface area contributed by atoms with E-state index in [1.165, 1.54) is 4.90 Å². The van der Waals surface area contributed by atoms with Gasteiger partial charge in [0.1, 0.15) is 0 Å². The average Bonchev–Trinajstić information content (AvgIpc) is 2.36. The molecule has 0 spiro atoms. The molecule has 1 aliphatic heterocycles. The van der Waals surface area contributed by atoms with E-state index in [1.807, 2.05) is 38.1 Å². The van der Waals surface area contributed by atoms with Crippen LogP contribution in [0.3, 0.4) is 0 Å². The molecule has 2 N–H and O–H groups in total. The van der Waals surface area contributed by atoms with Gasteiger partial charge < -0.3 is 5.73 Å². The first kappa shape index (κ1) is 15.5. The summed E-state index contributed by atoms with van der Waals surface area (Å²) in [6.07, 6.45) is 1.16. The Morgan fingerprint density at radius 3 is 2.19 bits per heavy atom. The number of hydrogen-bond donors (Lipinski definition) is 1. The molecule has 4 heteroatoms. The predicted octanol–water partition coefficient (Wildman–Crippen LogP) is 2.72. The quantitative estimate of drug-likeness (QED) is 0.684. The van der Waals surface area contributed by atoms with E-state index < -0.39 is 5.41 Å². The van der Waals surface area contributed by atoms with E-state index in [9.17, 15) is 9.59 Å². The van der Waals surface area contributed by atoms with Gasteiger partial charge >= 0.3 is 0 Å². The number of imide groups is 1. The van der Waals surface area contributed by atoms with Gasteiger partial charge in [-0.2, -0.15) is 0 Å². The fraction of sp³-hybridized carbons (Fsp3) is 0.529. The van der Waals surface area contributed by atoms with Crippen molar-refractivity contribution in [2.24, 2.45) is 5.41 Å². The number of carbonyl (C=O) groups excluding carboxylic acids is 2. The molecule has 1 aromatic carbocycles. The van der Waals surface area contributed by atoms with Crippen LogP contribution in [0.25, 0.3) is 0 Å². The SMILES string of the molecule is CC(C)(CC(C)(C)c1ccc(N)cc1)C(=O)N1CCC1=O. The second-order valence-corrected chi connectivity index (χ2v) is 7.17. The molecule has 0 atom stereocenters. The van der Waals surface area contributed by atoms with Crippen molar-refractivity contribution in [2.45, 2.75) is 46.0 Å². The lowest BCUT2D eigenvalue weighted by molar-refractivity contribution is -0.158. The van der Waals surface area contributed by atoms with Crippen molar-refractivity contribution in [3.05, 3.63) is 29.8 Å². The second-order valence-electron chi connectivity index (χ2n) is 7.17. The molecule has 1 heterocycles. The topological polar surface area (TPSA) is 63.4 Å². The molecule has 1 aromatic rings. The number of benzene rings is 1. The Kier molecular flexibility index (Phi) is 3.83. The number of nitrogens with two attached hydrogens (primary N) is 1. The van der Waals surface area contributed by atoms with E-state index in [4.69, 9.17) is 5.73 Å². The summed E-state index contributed by atoms with van der Waals surface area (Å²) in [5.74, 6) is -0.124. The van der Waals surface area contributed by atoms with Gasteiger partial charge in [0.2, 0.25) is 11.8 Å². The van der Waals surface area contributed by atoms with Crippen molar-refractivity contribution < 1.29 is 9.59 Å². The molecule has 21 heavy (non-hydrogen) atoms. The fourth-order valence-electron chi connectivity index (χ4n) is 3.11. The average molecular weight is 288 g/mol. The zero-order chi connectivity index (χ0) is 15.8. The van der Waals surface area contributed by atoms with E-state index in [-0.39, 0.29) is 17.2 Å². The fourth-order valence-corrected chi connectivity index (χ4v) is 3.11. The number of β-lactam (4-membered cyclic amide) rings is 1. The Morgan fingerprint density at radius 1 is 1.19 bits per heavy atom. The van der Waals surface area contributed by atoms with Crippen LogP contribution in [0.2, 0.25) is 0 Å². The van der Waals surface area contributed by atoms with E-state index in [0.29, 0.717) is 19.4 Å². The van der Waals surface area contributed by atoms with Crippen LogP contribution in [0.15, 0.2) is 24.3 Å². The normalized spacial score (nSPS) is 15.8. The summed E-state index contributed by atoms with van der Waals surface area (Å²) in [6.45, 7) is 8.63. The molecule has 114 valence electrons. The van der Waals surface area contributed by atoms with Gasteiger partial charge in [-0.3, -0.25) is 14.5 Å². The van der Waals surface area contributed by atoms with Crippen LogP contribution in [0.1, 0.15) is 46.1 Å². The van der Waals surface area contributed by atoms with Crippen molar-refractivity contribution in [3.63, 3.8) is 0 Å². The van der Waals surface area contributed by atoms with E-state index in [2.05, 4.69) is 13.8 Å². The van der Waals surface area contributed by atoms with Crippen molar-refractivity contribution in [3.8, 4) is 0 Å². The van der Waals surface area contributed by atoms with Crippen LogP contribution in [0.5, 0.6) is 0 Å². The third-order valence-corrected chi connectivity index (χ3v) is 4.25. The summed E-state index contributed by atoms with van der Waals surface area (Å²) in [4.78, 5) is 25.4. The molecule has 0 bridgehead atoms. The van der Waals surface area contributed by atoms with Crippen LogP contribution < -0.4 is 5.73 Å². The Balaban J connectivity index is 2.15. The summed E-state index contributed by atoms with van der Waals surface area (Å²) in [7, 11) is 0. The van der Waals surface area contributed by atoms with Gasteiger partial charge in [0.05, 0.1) is 0 Å². The standard InChI is InChI=1S/C17H24N2O2/c1-16(2,12-5-7-13(18)8-6-12)11-17(3,4)15(21)19-10-9-14(19)20/h5-8H,9-11,18H2,1-4H3. The molecule has 0 saturated carbocycles. The van der Waals surface area contributed by atoms with Crippen molar-refractivity contribution >= 4 is 17.5 Å². The molecule has 1 aliphatic rings. The molecule has 1 fully saturated rings. The number of nitrogens with zero attached hydrogens (tertiary/aromatic N) is 1. The second kappa shape index (κ2) is 5.17. The lowest BCUT2D eigenvalue weighted by Crippen LogP contribution is -2.53. The number of hydrogen-bond acceptors (Lipinski definition) is 3. The maximum Gasteiger partial charge on any atom is 0.234 e. The molecular formula is C17H24N2O2. The molecule has 4 nitrogen and oxygen atoms in total. The van der Waals surface area contributed by atoms with E-state index in [0.717, 1.165) is 11.3 Å². The molecular weight excluding hydrogens is 264 g/mol. The molecule has 2 rings (SSSR count). The van der Waals surface area contributed by atoms with Gasteiger partial charge in [0.25, 0.3) is 0 Å². The summed E-state index contributed by atoms with van der Waals surface area (Å²) in [6, 6.07) is 7.77. The van der Waals surface area contributed by atoms with E-state index >= 15 is 0 Å². The largest absolute Gasteiger partial charge is 0.399 e. The van der Waals surface area contributed by atoms with Crippen LogP contribution in [0, 0.1) is 5.41 Å². The number of anilines is 1. The number of nitrogen functional groups attached to an aromatic ring is 1. The number of amides is 2. The highest BCUT2D eigenvalue weighted by Gasteiger charge is 2.42. The third-order valence-electron chi connectivity index (χ3n) is 4.25. The highest BCUT2D eigenvalue weighted by molar-refractivity contribution is 6.01. The molecule has 2 amide bonds. The summed E-state index contributed by atoms with van der Waals surface area (Å²) >= 11 is 0. The highest BCUT2D eigenvalue weighted by atomic mass is 16.2. The molecule has 1 saturated heterocycles. The maximum atomic E-state index is 12.5. The van der Waals surface area contributed by atoms with Gasteiger partial charge in [-0.25, -0.2) is 0 Å². The Labute approximate surface area is 126 Å². The van der Waals surface area contributed by atoms with Gasteiger partial charge in [-0.15, -0.1) is 0 Å². The predicted molar refractivity (Wildman–Crippen MR) is 83.6 cm³/mol. The van der Waals surface area contributed by atoms with Gasteiger partial charge in [0.15, 0.2) is 0 Å². The minimum absolute atomic E-state index is 0.0571. The first-order chi connectivity index (χ1) is 9.63. The third kappa shape index (κ3) is 3.09. The van der Waals surface area contributed by atoms with Crippen molar-refractivity contribution in [2.75, 3.05) is 12.3 Å². The number of rotatable bonds is 4. The van der Waals surface area contributed by atoms with Crippen LogP contribution >= 0.6 is 0 Å². The zero-order valence-electron chi connectivity index (χ0n) is 13.3. The Morgan fingerprint density at radius 2 is 1.76 bits per heavy atom. The Bertz CT molecular complexity index is 559. The van der Waals surface area contributed by atoms with Gasteiger partial charge in [0, 0.05) is 24.1 Å². The minimum Gasteiger partial charge on any atom is -0.399 e. The van der Waals surface area contributed by atoms with Crippen LogP contribution in [-0.4, -0.2) is 23.3 Å². The molecule has 0 unspecified atom stereocenters. The molecule has 0 aromatic heterocycles. The van der Waals surface area contributed by atoms with Gasteiger partial charge in [-0.1, -0.05) is 39.8 Å². The minimum atomic E-state index is -0.568. The maximum absolute atomic E-state index is 12.5. The van der Waals surface area contributed by atoms with Crippen LogP contribution in [0.4, 0.5) is 5.69 Å². The van der Waals surface area contributed by atoms with Crippen molar-refractivity contribution in [1.82, 2.24) is 4.90 Å². The lowest BCUT2D eigenvalue weighted by Gasteiger charge is -2.39. The lowest BCUT2D eigenvalue weighted by atomic mass is 9.70. The molecule has 0 aliphatic carbocycles.